The molecule has 3 fully saturated rings. The van der Waals surface area contributed by atoms with Crippen molar-refractivity contribution in [3.8, 4) is 11.4 Å². The Morgan fingerprint density at radius 3 is 2.47 bits per heavy atom. The number of piperidine rings is 1. The van der Waals surface area contributed by atoms with Crippen molar-refractivity contribution < 1.29 is 4.74 Å². The molecule has 0 spiro atoms. The number of aromatic nitrogens is 3. The Balaban J connectivity index is 1.10. The first-order valence-corrected chi connectivity index (χ1v) is 14.7. The van der Waals surface area contributed by atoms with Crippen LogP contribution in [0.15, 0.2) is 30.5 Å². The fraction of sp³-hybridized carbons (Fsp3) is 0.586. The van der Waals surface area contributed by atoms with Gasteiger partial charge in [-0.25, -0.2) is 9.97 Å². The van der Waals surface area contributed by atoms with E-state index in [9.17, 15) is 0 Å². The Hall–Kier alpha value is -2.39. The van der Waals surface area contributed by atoms with E-state index < -0.39 is 0 Å². The van der Waals surface area contributed by atoms with Gasteiger partial charge in [0.1, 0.15) is 11.3 Å². The molecule has 38 heavy (non-hydrogen) atoms. The SMILES string of the molecule is CCOCCN1CCN(c2ccc(-c3nc4c(NC5CCN(CC6CC6)CC5)c(Cl)cnc4[nH]3)cc2)CC1. The highest BCUT2D eigenvalue weighted by Gasteiger charge is 2.27. The van der Waals surface area contributed by atoms with Crippen molar-refractivity contribution in [2.45, 2.75) is 38.6 Å². The molecule has 3 aliphatic rings. The minimum atomic E-state index is 0.410. The molecule has 9 heteroatoms. The number of H-pyrrole nitrogens is 1. The molecule has 0 bridgehead atoms. The number of rotatable bonds is 10. The third-order valence-electron chi connectivity index (χ3n) is 8.25. The fourth-order valence-corrected chi connectivity index (χ4v) is 5.92. The Morgan fingerprint density at radius 2 is 1.76 bits per heavy atom. The molecule has 8 nitrogen and oxygen atoms in total. The Bertz CT molecular complexity index is 1200. The highest BCUT2D eigenvalue weighted by atomic mass is 35.5. The van der Waals surface area contributed by atoms with E-state index in [1.807, 2.05) is 0 Å². The molecule has 2 N–H and O–H groups in total. The van der Waals surface area contributed by atoms with Gasteiger partial charge in [0.25, 0.3) is 0 Å². The molecule has 2 aromatic heterocycles. The summed E-state index contributed by atoms with van der Waals surface area (Å²) in [4.78, 5) is 20.5. The molecule has 0 atom stereocenters. The quantitative estimate of drug-likeness (QED) is 0.362. The van der Waals surface area contributed by atoms with Crippen LogP contribution < -0.4 is 10.2 Å². The zero-order valence-corrected chi connectivity index (χ0v) is 23.2. The monoisotopic (exact) mass is 537 g/mol. The van der Waals surface area contributed by atoms with Gasteiger partial charge < -0.3 is 24.8 Å². The molecule has 4 heterocycles. The van der Waals surface area contributed by atoms with Crippen LogP contribution in [0.2, 0.25) is 5.02 Å². The summed E-state index contributed by atoms with van der Waals surface area (Å²) in [6.45, 7) is 12.5. The number of anilines is 2. The van der Waals surface area contributed by atoms with E-state index in [1.54, 1.807) is 6.20 Å². The predicted octanol–water partition coefficient (Wildman–Crippen LogP) is 4.72. The average molecular weight is 538 g/mol. The summed E-state index contributed by atoms with van der Waals surface area (Å²) in [6, 6.07) is 9.12. The van der Waals surface area contributed by atoms with Crippen LogP contribution in [0.1, 0.15) is 32.6 Å². The van der Waals surface area contributed by atoms with E-state index >= 15 is 0 Å². The van der Waals surface area contributed by atoms with Crippen molar-refractivity contribution in [2.75, 3.05) is 75.8 Å². The normalized spacial score (nSPS) is 19.9. The molecule has 1 aromatic carbocycles. The minimum absolute atomic E-state index is 0.410. The molecular formula is C29H40ClN7O. The lowest BCUT2D eigenvalue weighted by Gasteiger charge is -2.36. The van der Waals surface area contributed by atoms with Crippen LogP contribution in [0.3, 0.4) is 0 Å². The van der Waals surface area contributed by atoms with Crippen molar-refractivity contribution >= 4 is 34.1 Å². The van der Waals surface area contributed by atoms with Crippen molar-refractivity contribution in [1.29, 1.82) is 0 Å². The van der Waals surface area contributed by atoms with Crippen molar-refractivity contribution in [3.05, 3.63) is 35.5 Å². The third-order valence-corrected chi connectivity index (χ3v) is 8.54. The van der Waals surface area contributed by atoms with Gasteiger partial charge in [-0.05, 0) is 62.8 Å². The number of benzene rings is 1. The van der Waals surface area contributed by atoms with E-state index in [2.05, 4.69) is 61.2 Å². The number of likely N-dealkylation sites (tertiary alicyclic amines) is 1. The van der Waals surface area contributed by atoms with Crippen molar-refractivity contribution in [1.82, 2.24) is 24.8 Å². The predicted molar refractivity (Wildman–Crippen MR) is 155 cm³/mol. The van der Waals surface area contributed by atoms with E-state index in [4.69, 9.17) is 21.3 Å². The van der Waals surface area contributed by atoms with Crippen LogP contribution in [-0.4, -0.2) is 96.4 Å². The van der Waals surface area contributed by atoms with Gasteiger partial charge in [0.05, 0.1) is 23.5 Å². The molecule has 0 unspecified atom stereocenters. The number of aromatic amines is 1. The van der Waals surface area contributed by atoms with Gasteiger partial charge in [0.15, 0.2) is 5.65 Å². The van der Waals surface area contributed by atoms with Gasteiger partial charge in [-0.15, -0.1) is 0 Å². The largest absolute Gasteiger partial charge is 0.380 e. The first-order valence-electron chi connectivity index (χ1n) is 14.3. The number of nitrogens with zero attached hydrogens (tertiary/aromatic N) is 5. The number of ether oxygens (including phenoxy) is 1. The van der Waals surface area contributed by atoms with E-state index in [-0.39, 0.29) is 0 Å². The minimum Gasteiger partial charge on any atom is -0.380 e. The van der Waals surface area contributed by atoms with Gasteiger partial charge in [0.2, 0.25) is 0 Å². The molecule has 0 radical (unpaired) electrons. The molecular weight excluding hydrogens is 498 g/mol. The fourth-order valence-electron chi connectivity index (χ4n) is 5.73. The second-order valence-electron chi connectivity index (χ2n) is 11.0. The van der Waals surface area contributed by atoms with E-state index in [0.717, 1.165) is 106 Å². The standard InChI is InChI=1S/C29H40ClN7O/c1-2-38-18-17-35-13-15-37(16-14-35)24-7-5-22(6-8-24)28-33-27-26(25(30)19-31-29(27)34-28)32-23-9-11-36(12-10-23)20-21-3-4-21/h5-8,19,21,23H,2-4,9-18,20H2,1H3,(H2,31,32,33,34). The Morgan fingerprint density at radius 1 is 1.00 bits per heavy atom. The van der Waals surface area contributed by atoms with Gasteiger partial charge in [-0.3, -0.25) is 4.90 Å². The van der Waals surface area contributed by atoms with Crippen LogP contribution in [0, 0.1) is 5.92 Å². The summed E-state index contributed by atoms with van der Waals surface area (Å²) in [5, 5.41) is 4.35. The number of imidazole rings is 1. The number of hydrogen-bond acceptors (Lipinski definition) is 7. The second kappa shape index (κ2) is 11.8. The summed E-state index contributed by atoms with van der Waals surface area (Å²) < 4.78 is 5.51. The first-order chi connectivity index (χ1) is 18.7. The lowest BCUT2D eigenvalue weighted by atomic mass is 10.0. The Labute approximate surface area is 230 Å². The number of nitrogens with one attached hydrogen (secondary N) is 2. The van der Waals surface area contributed by atoms with Crippen molar-refractivity contribution in [3.63, 3.8) is 0 Å². The van der Waals surface area contributed by atoms with E-state index in [0.29, 0.717) is 11.1 Å². The summed E-state index contributed by atoms with van der Waals surface area (Å²) >= 11 is 6.63. The molecule has 2 aliphatic heterocycles. The number of halogens is 1. The van der Waals surface area contributed by atoms with Gasteiger partial charge >= 0.3 is 0 Å². The third kappa shape index (κ3) is 6.09. The highest BCUT2D eigenvalue weighted by Crippen LogP contribution is 2.34. The lowest BCUT2D eigenvalue weighted by Crippen LogP contribution is -2.47. The summed E-state index contributed by atoms with van der Waals surface area (Å²) in [5.74, 6) is 1.77. The lowest BCUT2D eigenvalue weighted by molar-refractivity contribution is 0.111. The van der Waals surface area contributed by atoms with Crippen LogP contribution in [0.5, 0.6) is 0 Å². The Kier molecular flexibility index (Phi) is 8.02. The van der Waals surface area contributed by atoms with Crippen LogP contribution in [0.4, 0.5) is 11.4 Å². The number of piperazine rings is 1. The molecule has 204 valence electrons. The molecule has 2 saturated heterocycles. The number of hydrogen-bond donors (Lipinski definition) is 2. The topological polar surface area (TPSA) is 72.6 Å². The first kappa shape index (κ1) is 25.9. The van der Waals surface area contributed by atoms with E-state index in [1.165, 1.54) is 25.1 Å². The van der Waals surface area contributed by atoms with Gasteiger partial charge in [0, 0.05) is 76.3 Å². The maximum Gasteiger partial charge on any atom is 0.159 e. The smallest absolute Gasteiger partial charge is 0.159 e. The van der Waals surface area contributed by atoms with Crippen molar-refractivity contribution in [2.24, 2.45) is 5.92 Å². The molecule has 3 aromatic rings. The highest BCUT2D eigenvalue weighted by molar-refractivity contribution is 6.34. The van der Waals surface area contributed by atoms with Crippen LogP contribution in [0.25, 0.3) is 22.6 Å². The molecule has 6 rings (SSSR count). The molecule has 0 amide bonds. The van der Waals surface area contributed by atoms with Gasteiger partial charge in [-0.2, -0.15) is 0 Å². The molecule has 1 saturated carbocycles. The maximum absolute atomic E-state index is 6.63. The average Bonchev–Trinajstić information content (AvgIpc) is 3.66. The summed E-state index contributed by atoms with van der Waals surface area (Å²) in [5.41, 5.74) is 4.80. The number of pyridine rings is 1. The maximum atomic E-state index is 6.63. The molecule has 1 aliphatic carbocycles. The van der Waals surface area contributed by atoms with Gasteiger partial charge in [-0.1, -0.05) is 11.6 Å². The van der Waals surface area contributed by atoms with Crippen LogP contribution in [-0.2, 0) is 4.74 Å². The van der Waals surface area contributed by atoms with Crippen LogP contribution >= 0.6 is 11.6 Å². The summed E-state index contributed by atoms with van der Waals surface area (Å²) in [6.07, 6.45) is 6.82. The zero-order valence-electron chi connectivity index (χ0n) is 22.5. The second-order valence-corrected chi connectivity index (χ2v) is 11.4. The zero-order chi connectivity index (χ0) is 25.9. The number of fused-ring (bicyclic) bond motifs is 1. The summed E-state index contributed by atoms with van der Waals surface area (Å²) in [7, 11) is 0.